The molecule has 3 aromatic carbocycles. The average molecular weight is 330 g/mol. The van der Waals surface area contributed by atoms with Gasteiger partial charge in [0.05, 0.1) is 13.2 Å². The average Bonchev–Trinajstić information content (AvgIpc) is 3.06. The number of hydrogen-bond donors (Lipinski definition) is 2. The molecular weight excluding hydrogens is 312 g/mol. The van der Waals surface area contributed by atoms with Crippen LogP contribution in [0.4, 0.5) is 0 Å². The maximum absolute atomic E-state index is 9.65. The van der Waals surface area contributed by atoms with Gasteiger partial charge in [0.2, 0.25) is 0 Å². The number of hydrogen-bond acceptors (Lipinski definition) is 3. The van der Waals surface area contributed by atoms with Crippen molar-refractivity contribution in [3.05, 3.63) is 83.9 Å². The largest absolute Gasteiger partial charge is 0.455 e. The van der Waals surface area contributed by atoms with Crippen molar-refractivity contribution in [2.75, 3.05) is 0 Å². The Bertz CT molecular complexity index is 920. The van der Waals surface area contributed by atoms with Crippen LogP contribution < -0.4 is 0 Å². The van der Waals surface area contributed by atoms with E-state index in [0.29, 0.717) is 11.1 Å². The Balaban J connectivity index is 2.05. The van der Waals surface area contributed by atoms with Gasteiger partial charge in [0.1, 0.15) is 11.5 Å². The summed E-state index contributed by atoms with van der Waals surface area (Å²) >= 11 is 0. The van der Waals surface area contributed by atoms with Crippen LogP contribution in [0.1, 0.15) is 11.1 Å². The Morgan fingerprint density at radius 1 is 0.600 bits per heavy atom. The summed E-state index contributed by atoms with van der Waals surface area (Å²) in [6.07, 6.45) is 0. The van der Waals surface area contributed by atoms with Gasteiger partial charge in [-0.25, -0.2) is 0 Å². The first-order chi connectivity index (χ1) is 12.3. The predicted molar refractivity (Wildman–Crippen MR) is 98.9 cm³/mol. The highest BCUT2D eigenvalue weighted by Gasteiger charge is 2.18. The summed E-state index contributed by atoms with van der Waals surface area (Å²) in [6.45, 7) is -0.238. The van der Waals surface area contributed by atoms with E-state index in [4.69, 9.17) is 4.42 Å². The Kier molecular flexibility index (Phi) is 4.10. The normalized spacial score (nSPS) is 11.1. The van der Waals surface area contributed by atoms with E-state index in [1.54, 1.807) is 0 Å². The van der Waals surface area contributed by atoms with Crippen molar-refractivity contribution in [3.8, 4) is 22.6 Å². The first kappa shape index (κ1) is 15.6. The fraction of sp³-hybridized carbons (Fsp3) is 0.0909. The lowest BCUT2D eigenvalue weighted by Crippen LogP contribution is -1.94. The monoisotopic (exact) mass is 330 g/mol. The molecule has 0 atom stereocenters. The molecule has 0 radical (unpaired) electrons. The molecule has 0 aliphatic heterocycles. The second kappa shape index (κ2) is 6.55. The molecule has 4 aromatic rings. The van der Waals surface area contributed by atoms with Gasteiger partial charge in [-0.1, -0.05) is 60.7 Å². The van der Waals surface area contributed by atoms with E-state index in [2.05, 4.69) is 0 Å². The van der Waals surface area contributed by atoms with Crippen molar-refractivity contribution in [2.24, 2.45) is 0 Å². The van der Waals surface area contributed by atoms with E-state index in [1.165, 1.54) is 0 Å². The standard InChI is InChI=1S/C22H18O3/c23-13-17-11-19-20(12-18(17)14-24)22(16-9-5-2-6-10-16)25-21(19)15-7-3-1-4-8-15/h1-12,23-24H,13-14H2. The highest BCUT2D eigenvalue weighted by molar-refractivity contribution is 6.03. The molecule has 0 aliphatic rings. The molecule has 0 saturated heterocycles. The molecule has 3 nitrogen and oxygen atoms in total. The molecule has 25 heavy (non-hydrogen) atoms. The zero-order chi connectivity index (χ0) is 17.2. The molecule has 4 rings (SSSR count). The lowest BCUT2D eigenvalue weighted by Gasteiger charge is -2.06. The summed E-state index contributed by atoms with van der Waals surface area (Å²) in [4.78, 5) is 0. The number of benzene rings is 3. The Labute approximate surface area is 145 Å². The van der Waals surface area contributed by atoms with Gasteiger partial charge in [-0.2, -0.15) is 0 Å². The molecule has 1 heterocycles. The minimum absolute atomic E-state index is 0.119. The highest BCUT2D eigenvalue weighted by Crippen LogP contribution is 2.40. The Hall–Kier alpha value is -2.88. The van der Waals surface area contributed by atoms with E-state index in [0.717, 1.165) is 33.4 Å². The summed E-state index contributed by atoms with van der Waals surface area (Å²) in [5.41, 5.74) is 3.39. The third kappa shape index (κ3) is 2.74. The van der Waals surface area contributed by atoms with Crippen LogP contribution in [0, 0.1) is 0 Å². The van der Waals surface area contributed by atoms with Gasteiger partial charge in [0, 0.05) is 21.9 Å². The summed E-state index contributed by atoms with van der Waals surface area (Å²) in [5, 5.41) is 21.2. The van der Waals surface area contributed by atoms with Crippen molar-refractivity contribution in [1.29, 1.82) is 0 Å². The molecule has 2 N–H and O–H groups in total. The first-order valence-electron chi connectivity index (χ1n) is 8.22. The van der Waals surface area contributed by atoms with E-state index >= 15 is 0 Å². The molecule has 0 amide bonds. The number of furan rings is 1. The maximum Gasteiger partial charge on any atom is 0.142 e. The van der Waals surface area contributed by atoms with Crippen LogP contribution in [0.15, 0.2) is 77.2 Å². The number of rotatable bonds is 4. The fourth-order valence-corrected chi connectivity index (χ4v) is 3.18. The first-order valence-corrected chi connectivity index (χ1v) is 8.22. The second-order valence-corrected chi connectivity index (χ2v) is 5.98. The van der Waals surface area contributed by atoms with Crippen LogP contribution in [0.5, 0.6) is 0 Å². The lowest BCUT2D eigenvalue weighted by atomic mass is 9.98. The van der Waals surface area contributed by atoms with Crippen molar-refractivity contribution < 1.29 is 14.6 Å². The molecule has 124 valence electrons. The number of aliphatic hydroxyl groups is 2. The summed E-state index contributed by atoms with van der Waals surface area (Å²) in [5.74, 6) is 1.54. The van der Waals surface area contributed by atoms with Crippen molar-refractivity contribution >= 4 is 10.8 Å². The van der Waals surface area contributed by atoms with E-state index in [1.807, 2.05) is 72.8 Å². The molecular formula is C22H18O3. The molecule has 0 bridgehead atoms. The van der Waals surface area contributed by atoms with Crippen LogP contribution >= 0.6 is 0 Å². The molecule has 0 saturated carbocycles. The minimum Gasteiger partial charge on any atom is -0.455 e. The quantitative estimate of drug-likeness (QED) is 0.568. The van der Waals surface area contributed by atoms with Crippen molar-refractivity contribution in [2.45, 2.75) is 13.2 Å². The van der Waals surface area contributed by atoms with Crippen LogP contribution in [0.3, 0.4) is 0 Å². The van der Waals surface area contributed by atoms with Crippen LogP contribution in [-0.4, -0.2) is 10.2 Å². The van der Waals surface area contributed by atoms with Crippen molar-refractivity contribution in [3.63, 3.8) is 0 Å². The van der Waals surface area contributed by atoms with Gasteiger partial charge in [-0.15, -0.1) is 0 Å². The van der Waals surface area contributed by atoms with Gasteiger partial charge in [0.15, 0.2) is 0 Å². The molecule has 0 aliphatic carbocycles. The van der Waals surface area contributed by atoms with Gasteiger partial charge in [-0.05, 0) is 23.3 Å². The fourth-order valence-electron chi connectivity index (χ4n) is 3.18. The molecule has 1 aromatic heterocycles. The third-order valence-electron chi connectivity index (χ3n) is 4.45. The smallest absolute Gasteiger partial charge is 0.142 e. The van der Waals surface area contributed by atoms with Gasteiger partial charge < -0.3 is 14.6 Å². The second-order valence-electron chi connectivity index (χ2n) is 5.98. The van der Waals surface area contributed by atoms with Gasteiger partial charge in [-0.3, -0.25) is 0 Å². The molecule has 0 fully saturated rings. The highest BCUT2D eigenvalue weighted by atomic mass is 16.3. The van der Waals surface area contributed by atoms with Crippen LogP contribution in [-0.2, 0) is 13.2 Å². The van der Waals surface area contributed by atoms with Crippen molar-refractivity contribution in [1.82, 2.24) is 0 Å². The Morgan fingerprint density at radius 2 is 1.00 bits per heavy atom. The lowest BCUT2D eigenvalue weighted by molar-refractivity contribution is 0.260. The number of fused-ring (bicyclic) bond motifs is 1. The molecule has 0 unspecified atom stereocenters. The third-order valence-corrected chi connectivity index (χ3v) is 4.45. The summed E-state index contributed by atoms with van der Waals surface area (Å²) < 4.78 is 6.27. The minimum atomic E-state index is -0.119. The summed E-state index contributed by atoms with van der Waals surface area (Å²) in [6, 6.07) is 23.7. The molecule has 3 heteroatoms. The zero-order valence-electron chi connectivity index (χ0n) is 13.6. The SMILES string of the molecule is OCc1cc2c(-c3ccccc3)oc(-c3ccccc3)c2cc1CO. The zero-order valence-corrected chi connectivity index (χ0v) is 13.6. The number of aliphatic hydroxyl groups excluding tert-OH is 2. The van der Waals surface area contributed by atoms with Gasteiger partial charge in [0.25, 0.3) is 0 Å². The van der Waals surface area contributed by atoms with E-state index in [9.17, 15) is 10.2 Å². The maximum atomic E-state index is 9.65. The molecule has 0 spiro atoms. The summed E-state index contributed by atoms with van der Waals surface area (Å²) in [7, 11) is 0. The Morgan fingerprint density at radius 3 is 1.36 bits per heavy atom. The van der Waals surface area contributed by atoms with E-state index < -0.39 is 0 Å². The topological polar surface area (TPSA) is 53.6 Å². The predicted octanol–water partition coefficient (Wildman–Crippen LogP) is 4.75. The van der Waals surface area contributed by atoms with Crippen LogP contribution in [0.25, 0.3) is 33.4 Å². The van der Waals surface area contributed by atoms with Crippen LogP contribution in [0.2, 0.25) is 0 Å². The van der Waals surface area contributed by atoms with E-state index in [-0.39, 0.29) is 13.2 Å². The van der Waals surface area contributed by atoms with Gasteiger partial charge >= 0.3 is 0 Å².